The maximum atomic E-state index is 11.5. The first-order valence-corrected chi connectivity index (χ1v) is 54.3. The SMILES string of the molecule is CC(C)(C)S.CC(C)(C)S.CC(C)(C)S.CC(C)(C)S.CC(C)(C)S.CC(C)(C)S.CC1=C(C(N)=O)SNN1.CCCCCCC.CCCCCCCc1cc(C)nc2ccccc12.CCCCCCCc1ccc(SC)cc1.CCCCCCCc1ccc2c(c1)CCC2=O.CCCCCCCc1cccc(OCC)c1.CCCCCCCc1cccc2ncccc12.O.O.O.O.O.O.O.O.O.O.O.O.O. The molecular weight excluding hydrogens is 1940 g/mol. The summed E-state index contributed by atoms with van der Waals surface area (Å²) in [6.07, 6.45) is 52.3. The zero-order valence-electron chi connectivity index (χ0n) is 94.3. The van der Waals surface area contributed by atoms with Crippen LogP contribution in [0.25, 0.3) is 21.8 Å². The molecule has 1 aliphatic heterocycles. The van der Waals surface area contributed by atoms with Crippen LogP contribution in [-0.4, -0.2) is 134 Å². The summed E-state index contributed by atoms with van der Waals surface area (Å²) in [5, 5.41) is 2.66. The molecule has 0 unspecified atom stereocenters. The summed E-state index contributed by atoms with van der Waals surface area (Å²) in [5.74, 6) is 0.943. The Morgan fingerprint density at radius 1 is 0.380 bits per heavy atom. The van der Waals surface area contributed by atoms with E-state index in [2.05, 4.69) is 391 Å². The number of allylic oxidation sites excluding steroid dienone is 1. The van der Waals surface area contributed by atoms with Gasteiger partial charge in [0.25, 0.3) is 5.91 Å². The number of nitrogens with zero attached hydrogens (tertiary/aromatic N) is 2. The number of carbonyl (C=O) groups is 2. The lowest BCUT2D eigenvalue weighted by atomic mass is 10.0. The van der Waals surface area contributed by atoms with E-state index >= 15 is 0 Å². The van der Waals surface area contributed by atoms with E-state index in [1.54, 1.807) is 6.92 Å². The second kappa shape index (κ2) is 108. The fourth-order valence-corrected chi connectivity index (χ4v) is 13.3. The van der Waals surface area contributed by atoms with Crippen molar-refractivity contribution >= 4 is 133 Å². The average Bonchev–Trinajstić information content (AvgIpc) is 1.76. The molecule has 2 aromatic heterocycles. The Morgan fingerprint density at radius 2 is 0.711 bits per heavy atom. The molecule has 0 bridgehead atoms. The number of fused-ring (bicyclic) bond motifs is 3. The zero-order valence-corrected chi connectivity index (χ0v) is 101. The van der Waals surface area contributed by atoms with Gasteiger partial charge in [0.1, 0.15) is 10.7 Å². The minimum atomic E-state index is -0.394. The molecule has 0 spiro atoms. The van der Waals surface area contributed by atoms with Crippen molar-refractivity contribution in [3.05, 3.63) is 189 Å². The molecule has 0 saturated heterocycles. The summed E-state index contributed by atoms with van der Waals surface area (Å²) in [6.45, 7) is 59.4. The fraction of sp³-hybridized carbons (Fsp3) is 0.646. The number of benzene rings is 5. The normalized spacial score (nSPS) is 10.8. The maximum Gasteiger partial charge on any atom is 0.258 e. The van der Waals surface area contributed by atoms with Crippen LogP contribution in [0, 0.1) is 6.92 Å². The standard InChI is InChI=1S/C17H23N.C16H21N.C16H22O.C15H24O.C14H22S.C7H16.C4H7N3OS.6C4H10S.13H2O/c1-3-4-5-6-7-10-15-13-14(2)18-17-12-9-8-11-16(15)17;1-2-3-4-5-6-9-14-10-7-12-16-15(14)11-8-13-17-16;1-2-3-4-5-6-7-13-8-10-15-14(12-13)9-11-16(15)17;1-3-5-6-7-8-10-14-11-9-12-15(13-14)16-4-2;1-3-4-5-6-7-8-13-9-11-14(15-2)12-10-13;1-3-5-7-6-4-2;1-2-3(4(5)8)9-7-6-2;6*1-4(2,3)5;;;;;;;;;;;;;/h8-9,11-13H,3-7,10H2,1-2H3;7-8,10-13H,2-6,9H2,1H3;8,10,12H,2-7,9,11H2,1H3;9,11-13H,3-8,10H2,1-2H3;9-12H,3-8H2,1-2H3;3-7H2,1-2H3;6-7H,1H3,(H2,5,8);6*5H,1-3H3;13*1H2. The third-order valence-corrected chi connectivity index (χ3v) is 19.8. The Morgan fingerprint density at radius 3 is 1.08 bits per heavy atom. The molecule has 842 valence electrons. The van der Waals surface area contributed by atoms with Crippen LogP contribution in [0.15, 0.2) is 149 Å². The third-order valence-electron chi connectivity index (χ3n) is 18.1. The number of hydrogen-bond donors (Lipinski definition) is 9. The van der Waals surface area contributed by atoms with Crippen molar-refractivity contribution < 1.29 is 85.5 Å². The average molecular weight is 2160 g/mol. The Balaban J connectivity index is -0.0000000811. The van der Waals surface area contributed by atoms with Crippen LogP contribution in [0.4, 0.5) is 0 Å². The lowest BCUT2D eigenvalue weighted by Gasteiger charge is -2.07. The molecule has 1 amide bonds. The number of primary amides is 1. The number of unbranched alkanes of at least 4 members (excludes halogenated alkanes) is 24. The molecule has 7 aromatic rings. The highest BCUT2D eigenvalue weighted by molar-refractivity contribution is 8.02. The molecule has 30 N–H and O–H groups in total. The molecule has 3 heterocycles. The zero-order chi connectivity index (χ0) is 98.8. The summed E-state index contributed by atoms with van der Waals surface area (Å²) in [7, 11) is 0. The number of hydrazine groups is 1. The number of amides is 1. The van der Waals surface area contributed by atoms with Crippen LogP contribution in [0.2, 0.25) is 0 Å². The van der Waals surface area contributed by atoms with Crippen LogP contribution in [0.3, 0.4) is 0 Å². The fourth-order valence-electron chi connectivity index (χ4n) is 12.2. The van der Waals surface area contributed by atoms with E-state index in [-0.39, 0.29) is 99.7 Å². The van der Waals surface area contributed by atoms with E-state index in [4.69, 9.17) is 10.5 Å². The van der Waals surface area contributed by atoms with Gasteiger partial charge in [-0.15, -0.1) is 11.8 Å². The van der Waals surface area contributed by atoms with Crippen molar-refractivity contribution in [1.82, 2.24) is 20.2 Å². The number of thioether (sulfide) groups is 1. The van der Waals surface area contributed by atoms with Gasteiger partial charge >= 0.3 is 0 Å². The molecule has 29 heteroatoms. The lowest BCUT2D eigenvalue weighted by Crippen LogP contribution is -2.16. The van der Waals surface area contributed by atoms with Gasteiger partial charge in [-0.3, -0.25) is 19.6 Å². The molecule has 0 atom stereocenters. The van der Waals surface area contributed by atoms with Crippen molar-refractivity contribution in [2.24, 2.45) is 5.73 Å². The Labute approximate surface area is 909 Å². The number of ketones is 1. The molecule has 0 saturated carbocycles. The minimum Gasteiger partial charge on any atom is -0.494 e. The highest BCUT2D eigenvalue weighted by Crippen LogP contribution is 2.27. The first-order chi connectivity index (χ1) is 60.4. The number of aryl methyl sites for hydroxylation is 7. The summed E-state index contributed by atoms with van der Waals surface area (Å²) in [4.78, 5) is 35.6. The van der Waals surface area contributed by atoms with Crippen LogP contribution in [-0.2, 0) is 43.3 Å². The largest absolute Gasteiger partial charge is 0.494 e. The van der Waals surface area contributed by atoms with Crippen molar-refractivity contribution in [3.8, 4) is 5.75 Å². The maximum absolute atomic E-state index is 11.5. The quantitative estimate of drug-likeness (QED) is 0.00767. The van der Waals surface area contributed by atoms with Crippen molar-refractivity contribution in [1.29, 1.82) is 0 Å². The van der Waals surface area contributed by atoms with Gasteiger partial charge < -0.3 is 87.1 Å². The number of thiol groups is 6. The first kappa shape index (κ1) is 177. The molecule has 142 heavy (non-hydrogen) atoms. The van der Waals surface area contributed by atoms with Gasteiger partial charge in [0.15, 0.2) is 5.78 Å². The lowest BCUT2D eigenvalue weighted by molar-refractivity contribution is -0.113. The van der Waals surface area contributed by atoms with E-state index < -0.39 is 5.91 Å². The van der Waals surface area contributed by atoms with Crippen LogP contribution in [0.1, 0.15) is 435 Å². The number of ether oxygens (including phenoxy) is 1. The van der Waals surface area contributed by atoms with Crippen molar-refractivity contribution in [3.63, 3.8) is 0 Å². The number of rotatable bonds is 38. The van der Waals surface area contributed by atoms with E-state index in [0.29, 0.717) is 10.7 Å². The van der Waals surface area contributed by atoms with E-state index in [1.165, 1.54) is 286 Å². The second-order valence-electron chi connectivity index (χ2n) is 39.8. The summed E-state index contributed by atoms with van der Waals surface area (Å²) in [5.41, 5.74) is 21.4. The number of nitrogens with two attached hydrogens (primary N) is 1. The number of nitrogens with one attached hydrogen (secondary N) is 2. The summed E-state index contributed by atoms with van der Waals surface area (Å²) in [6, 6.07) is 45.3. The number of carbonyl (C=O) groups excluding carboxylic acids is 2. The van der Waals surface area contributed by atoms with Crippen molar-refractivity contribution in [2.75, 3.05) is 12.9 Å². The molecule has 0 fully saturated rings. The number of para-hydroxylation sites is 1. The number of Topliss-reactive ketones (excluding diaryl/α,β-unsaturated/α-hetero) is 1. The van der Waals surface area contributed by atoms with Crippen molar-refractivity contribution in [2.45, 2.75) is 465 Å². The molecule has 1 aliphatic carbocycles. The van der Waals surface area contributed by atoms with E-state index in [1.807, 2.05) is 43.1 Å². The highest BCUT2D eigenvalue weighted by Gasteiger charge is 2.19. The number of hydrogen-bond acceptors (Lipinski definition) is 15. The topological polar surface area (TPSA) is 529 Å². The minimum absolute atomic E-state index is 0. The smallest absolute Gasteiger partial charge is 0.258 e. The Bertz CT molecular complexity index is 3790. The summed E-state index contributed by atoms with van der Waals surface area (Å²) >= 11 is 27.8. The number of aromatic nitrogens is 2. The molecule has 0 radical (unpaired) electrons. The van der Waals surface area contributed by atoms with Gasteiger partial charge in [-0.05, 0) is 192 Å². The van der Waals surface area contributed by atoms with Gasteiger partial charge in [-0.1, -0.05) is 412 Å². The van der Waals surface area contributed by atoms with E-state index in [0.717, 1.165) is 53.2 Å². The molecule has 5 aromatic carbocycles. The van der Waals surface area contributed by atoms with E-state index in [9.17, 15) is 9.59 Å². The van der Waals surface area contributed by atoms with Gasteiger partial charge in [0.05, 0.1) is 17.6 Å². The molecule has 2 aliphatic rings. The van der Waals surface area contributed by atoms with Gasteiger partial charge in [-0.2, -0.15) is 80.6 Å². The monoisotopic (exact) mass is 2160 g/mol. The van der Waals surface area contributed by atoms with Gasteiger partial charge in [-0.25, -0.2) is 0 Å². The Hall–Kier alpha value is -4.36. The van der Waals surface area contributed by atoms with Crippen LogP contribution in [0.5, 0.6) is 5.75 Å². The Kier molecular flexibility index (Phi) is 134. The van der Waals surface area contributed by atoms with Crippen LogP contribution < -0.4 is 20.7 Å². The van der Waals surface area contributed by atoms with Gasteiger partial charge in [0.2, 0.25) is 0 Å². The van der Waals surface area contributed by atoms with Crippen LogP contribution >= 0.6 is 99.5 Å². The molecule has 9 rings (SSSR count). The molecular formula is C113H221N5O16S8. The third kappa shape index (κ3) is 126. The highest BCUT2D eigenvalue weighted by atomic mass is 32.2. The predicted molar refractivity (Wildman–Crippen MR) is 655 cm³/mol. The second-order valence-corrected chi connectivity index (χ2v) is 49.6. The predicted octanol–water partition coefficient (Wildman–Crippen LogP) is 25.7. The summed E-state index contributed by atoms with van der Waals surface area (Å²) < 4.78 is 6.66. The first-order valence-electron chi connectivity index (χ1n) is 49.6. The van der Waals surface area contributed by atoms with Gasteiger partial charge in [0, 0.05) is 73.7 Å². The number of pyridine rings is 2. The molecule has 21 nitrogen and oxygen atoms in total.